The van der Waals surface area contributed by atoms with E-state index in [1.165, 1.54) is 37.7 Å². The molecule has 3 aromatic rings. The summed E-state index contributed by atoms with van der Waals surface area (Å²) in [5, 5.41) is 0.926. The van der Waals surface area contributed by atoms with Gasteiger partial charge >= 0.3 is 5.69 Å². The summed E-state index contributed by atoms with van der Waals surface area (Å²) in [5.74, 6) is 0.694. The number of rotatable bonds is 3. The number of fused-ring (bicyclic) bond motifs is 1. The van der Waals surface area contributed by atoms with Gasteiger partial charge in [-0.3, -0.25) is 9.13 Å². The van der Waals surface area contributed by atoms with E-state index in [1.807, 2.05) is 0 Å². The van der Waals surface area contributed by atoms with Crippen LogP contribution in [0, 0.1) is 0 Å². The number of hydrogen-bond donors (Lipinski definition) is 0. The highest BCUT2D eigenvalue weighted by molar-refractivity contribution is 6.42. The summed E-state index contributed by atoms with van der Waals surface area (Å²) in [4.78, 5) is 12.7. The molecule has 2 aromatic carbocycles. The molecule has 1 fully saturated rings. The Hall–Kier alpha value is -1.71. The van der Waals surface area contributed by atoms with E-state index in [1.54, 1.807) is 28.3 Å². The Morgan fingerprint density at radius 1 is 0.962 bits per heavy atom. The van der Waals surface area contributed by atoms with E-state index >= 15 is 0 Å². The van der Waals surface area contributed by atoms with Crippen molar-refractivity contribution in [3.8, 4) is 0 Å². The number of aromatic nitrogens is 2. The normalized spacial score (nSPS) is 15.7. The van der Waals surface area contributed by atoms with Gasteiger partial charge in [-0.2, -0.15) is 0 Å². The van der Waals surface area contributed by atoms with Crippen LogP contribution >= 0.6 is 23.2 Å². The zero-order chi connectivity index (χ0) is 18.3. The Labute approximate surface area is 163 Å². The van der Waals surface area contributed by atoms with Gasteiger partial charge in [-0.25, -0.2) is 4.79 Å². The molecule has 0 bridgehead atoms. The number of nitrogens with zero attached hydrogens (tertiary/aromatic N) is 2. The van der Waals surface area contributed by atoms with Gasteiger partial charge in [-0.15, -0.1) is 0 Å². The SMILES string of the molecule is Cn1c(=O)n(Cc2ccc(C3CCCCC3)cc2)c2cc(Cl)c(Cl)cc21. The number of halogens is 2. The minimum atomic E-state index is -0.0605. The molecule has 26 heavy (non-hydrogen) atoms. The molecule has 0 amide bonds. The van der Waals surface area contributed by atoms with Crippen LogP contribution in [-0.2, 0) is 13.6 Å². The van der Waals surface area contributed by atoms with Gasteiger partial charge in [0.1, 0.15) is 0 Å². The van der Waals surface area contributed by atoms with Crippen molar-refractivity contribution < 1.29 is 0 Å². The monoisotopic (exact) mass is 388 g/mol. The fraction of sp³-hybridized carbons (Fsp3) is 0.381. The van der Waals surface area contributed by atoms with Gasteiger partial charge in [0.2, 0.25) is 0 Å². The highest BCUT2D eigenvalue weighted by atomic mass is 35.5. The van der Waals surface area contributed by atoms with Gasteiger partial charge < -0.3 is 0 Å². The maximum absolute atomic E-state index is 12.7. The van der Waals surface area contributed by atoms with E-state index in [4.69, 9.17) is 23.2 Å². The molecule has 3 nitrogen and oxygen atoms in total. The van der Waals surface area contributed by atoms with Crippen molar-refractivity contribution in [3.05, 3.63) is 68.1 Å². The lowest BCUT2D eigenvalue weighted by molar-refractivity contribution is 0.443. The molecule has 136 valence electrons. The number of imidazole rings is 1. The maximum Gasteiger partial charge on any atom is 0.329 e. The van der Waals surface area contributed by atoms with Crippen molar-refractivity contribution >= 4 is 34.2 Å². The van der Waals surface area contributed by atoms with E-state index in [0.717, 1.165) is 16.6 Å². The van der Waals surface area contributed by atoms with E-state index in [2.05, 4.69) is 24.3 Å². The molecule has 0 unspecified atom stereocenters. The van der Waals surface area contributed by atoms with Gasteiger partial charge in [0.25, 0.3) is 0 Å². The molecular weight excluding hydrogens is 367 g/mol. The second kappa shape index (κ2) is 7.13. The van der Waals surface area contributed by atoms with E-state index in [9.17, 15) is 4.79 Å². The Morgan fingerprint density at radius 3 is 2.23 bits per heavy atom. The molecule has 0 saturated heterocycles. The molecule has 5 heteroatoms. The third-order valence-electron chi connectivity index (χ3n) is 5.58. The molecule has 1 heterocycles. The van der Waals surface area contributed by atoms with Gasteiger partial charge in [0.05, 0.1) is 27.6 Å². The van der Waals surface area contributed by atoms with E-state index in [-0.39, 0.29) is 5.69 Å². The van der Waals surface area contributed by atoms with Crippen LogP contribution in [0.2, 0.25) is 10.0 Å². The summed E-state index contributed by atoms with van der Waals surface area (Å²) in [6.45, 7) is 0.527. The van der Waals surface area contributed by atoms with Crippen LogP contribution in [0.1, 0.15) is 49.1 Å². The topological polar surface area (TPSA) is 26.9 Å². The first kappa shape index (κ1) is 17.7. The van der Waals surface area contributed by atoms with Crippen LogP contribution in [0.5, 0.6) is 0 Å². The predicted octanol–water partition coefficient (Wildman–Crippen LogP) is 5.74. The van der Waals surface area contributed by atoms with Gasteiger partial charge in [-0.05, 0) is 42.0 Å². The third-order valence-corrected chi connectivity index (χ3v) is 6.31. The summed E-state index contributed by atoms with van der Waals surface area (Å²) in [6.07, 6.45) is 6.62. The average Bonchev–Trinajstić information content (AvgIpc) is 2.88. The lowest BCUT2D eigenvalue weighted by Gasteiger charge is -2.22. The van der Waals surface area contributed by atoms with E-state index in [0.29, 0.717) is 22.5 Å². The number of benzene rings is 2. The molecule has 0 spiro atoms. The van der Waals surface area contributed by atoms with Crippen molar-refractivity contribution in [1.29, 1.82) is 0 Å². The van der Waals surface area contributed by atoms with E-state index < -0.39 is 0 Å². The molecule has 0 radical (unpaired) electrons. The molecular formula is C21H22Cl2N2O. The molecule has 1 saturated carbocycles. The first-order valence-corrected chi connectivity index (χ1v) is 9.93. The Morgan fingerprint density at radius 2 is 1.58 bits per heavy atom. The summed E-state index contributed by atoms with van der Waals surface area (Å²) < 4.78 is 3.38. The first-order valence-electron chi connectivity index (χ1n) is 9.17. The fourth-order valence-corrected chi connectivity index (χ4v) is 4.38. The van der Waals surface area contributed by atoms with Gasteiger partial charge in [-0.1, -0.05) is 66.7 Å². The highest BCUT2D eigenvalue weighted by Crippen LogP contribution is 2.33. The Balaban J connectivity index is 1.66. The molecule has 1 aromatic heterocycles. The third kappa shape index (κ3) is 3.19. The van der Waals surface area contributed by atoms with Gasteiger partial charge in [0, 0.05) is 7.05 Å². The summed E-state index contributed by atoms with van der Waals surface area (Å²) in [6, 6.07) is 12.3. The van der Waals surface area contributed by atoms with Crippen molar-refractivity contribution in [1.82, 2.24) is 9.13 Å². The highest BCUT2D eigenvalue weighted by Gasteiger charge is 2.16. The molecule has 1 aliphatic rings. The van der Waals surface area contributed by atoms with Crippen LogP contribution in [-0.4, -0.2) is 9.13 Å². The molecule has 0 atom stereocenters. The lowest BCUT2D eigenvalue weighted by atomic mass is 9.84. The minimum absolute atomic E-state index is 0.0605. The Kier molecular flexibility index (Phi) is 4.85. The van der Waals surface area contributed by atoms with Crippen molar-refractivity contribution in [3.63, 3.8) is 0 Å². The molecule has 0 N–H and O–H groups in total. The average molecular weight is 389 g/mol. The van der Waals surface area contributed by atoms with Crippen LogP contribution < -0.4 is 5.69 Å². The zero-order valence-electron chi connectivity index (χ0n) is 14.8. The molecule has 0 aliphatic heterocycles. The van der Waals surface area contributed by atoms with Crippen LogP contribution in [0.4, 0.5) is 0 Å². The number of aryl methyl sites for hydroxylation is 1. The zero-order valence-corrected chi connectivity index (χ0v) is 16.4. The smallest absolute Gasteiger partial charge is 0.295 e. The predicted molar refractivity (Wildman–Crippen MR) is 109 cm³/mol. The first-order chi connectivity index (χ1) is 12.5. The second-order valence-electron chi connectivity index (χ2n) is 7.26. The molecule has 1 aliphatic carbocycles. The Bertz CT molecular complexity index is 996. The minimum Gasteiger partial charge on any atom is -0.295 e. The van der Waals surface area contributed by atoms with Crippen LogP contribution in [0.25, 0.3) is 11.0 Å². The largest absolute Gasteiger partial charge is 0.329 e. The maximum atomic E-state index is 12.7. The second-order valence-corrected chi connectivity index (χ2v) is 8.07. The number of hydrogen-bond acceptors (Lipinski definition) is 1. The quantitative estimate of drug-likeness (QED) is 0.561. The van der Waals surface area contributed by atoms with Crippen LogP contribution in [0.3, 0.4) is 0 Å². The molecule has 4 rings (SSSR count). The van der Waals surface area contributed by atoms with Crippen LogP contribution in [0.15, 0.2) is 41.2 Å². The summed E-state index contributed by atoms with van der Waals surface area (Å²) >= 11 is 12.3. The summed E-state index contributed by atoms with van der Waals surface area (Å²) in [7, 11) is 1.76. The lowest BCUT2D eigenvalue weighted by Crippen LogP contribution is -2.22. The summed E-state index contributed by atoms with van der Waals surface area (Å²) in [5.41, 5.74) is 4.08. The van der Waals surface area contributed by atoms with Gasteiger partial charge in [0.15, 0.2) is 0 Å². The van der Waals surface area contributed by atoms with Crippen molar-refractivity contribution in [2.24, 2.45) is 7.05 Å². The van der Waals surface area contributed by atoms with Crippen molar-refractivity contribution in [2.45, 2.75) is 44.6 Å². The standard InChI is InChI=1S/C21H22Cl2N2O/c1-24-19-11-17(22)18(23)12-20(19)25(21(24)26)13-14-7-9-16(10-8-14)15-5-3-2-4-6-15/h7-12,15H,2-6,13H2,1H3. The fourth-order valence-electron chi connectivity index (χ4n) is 4.06. The van der Waals surface area contributed by atoms with Crippen molar-refractivity contribution in [2.75, 3.05) is 0 Å².